The van der Waals surface area contributed by atoms with E-state index in [4.69, 9.17) is 14.5 Å². The van der Waals surface area contributed by atoms with Gasteiger partial charge >= 0.3 is 0 Å². The summed E-state index contributed by atoms with van der Waals surface area (Å²) in [5, 5.41) is 14.1. The van der Waals surface area contributed by atoms with Crippen molar-refractivity contribution < 1.29 is 19.4 Å². The summed E-state index contributed by atoms with van der Waals surface area (Å²) in [6.07, 6.45) is 12.4. The highest BCUT2D eigenvalue weighted by Crippen LogP contribution is 2.35. The maximum absolute atomic E-state index is 13.0. The van der Waals surface area contributed by atoms with Crippen LogP contribution in [0.15, 0.2) is 77.8 Å². The molecule has 0 bridgehead atoms. The molecular formula is C34H40N2O4. The van der Waals surface area contributed by atoms with Crippen LogP contribution in [0.1, 0.15) is 81.1 Å². The lowest BCUT2D eigenvalue weighted by Crippen LogP contribution is -2.15. The quantitative estimate of drug-likeness (QED) is 0.149. The molecule has 3 aromatic carbocycles. The molecule has 0 aromatic heterocycles. The average Bonchev–Trinajstić information content (AvgIpc) is 2.97. The Kier molecular flexibility index (Phi) is 10.8. The van der Waals surface area contributed by atoms with Gasteiger partial charge in [0, 0.05) is 5.69 Å². The van der Waals surface area contributed by atoms with Crippen molar-refractivity contribution in [3.63, 3.8) is 0 Å². The van der Waals surface area contributed by atoms with E-state index in [1.165, 1.54) is 44.6 Å². The molecule has 2 N–H and O–H groups in total. The molecule has 0 saturated heterocycles. The summed E-state index contributed by atoms with van der Waals surface area (Å²) >= 11 is 0. The number of nitrogens with zero attached hydrogens (tertiary/aromatic N) is 1. The van der Waals surface area contributed by atoms with Crippen LogP contribution in [0.2, 0.25) is 0 Å². The summed E-state index contributed by atoms with van der Waals surface area (Å²) in [4.78, 5) is 17.7. The first-order valence-corrected chi connectivity index (χ1v) is 14.5. The molecule has 4 rings (SSSR count). The van der Waals surface area contributed by atoms with Crippen LogP contribution in [0.4, 0.5) is 17.1 Å². The van der Waals surface area contributed by atoms with Crippen molar-refractivity contribution in [3.8, 4) is 17.2 Å². The fraction of sp³-hybridized carbons (Fsp3) is 0.353. The number of unbranched alkanes of at least 4 members (excludes halogenated alkanes) is 6. The number of anilines is 2. The second kappa shape index (κ2) is 14.9. The summed E-state index contributed by atoms with van der Waals surface area (Å²) in [6, 6.07) is 18.5. The van der Waals surface area contributed by atoms with Gasteiger partial charge in [-0.05, 0) is 85.7 Å². The Hall–Kier alpha value is -4.06. The first-order valence-electron chi connectivity index (χ1n) is 14.5. The van der Waals surface area contributed by atoms with Crippen molar-refractivity contribution in [2.24, 2.45) is 4.99 Å². The molecule has 0 heterocycles. The van der Waals surface area contributed by atoms with Crippen LogP contribution in [-0.4, -0.2) is 29.8 Å². The molecule has 3 aromatic rings. The largest absolute Gasteiger partial charge is 0.507 e. The third-order valence-electron chi connectivity index (χ3n) is 6.83. The third kappa shape index (κ3) is 7.98. The van der Waals surface area contributed by atoms with Gasteiger partial charge in [-0.15, -0.1) is 0 Å². The smallest absolute Gasteiger partial charge is 0.188 e. The molecule has 0 saturated carbocycles. The van der Waals surface area contributed by atoms with Crippen molar-refractivity contribution in [2.75, 3.05) is 18.5 Å². The van der Waals surface area contributed by atoms with E-state index in [1.54, 1.807) is 18.2 Å². The van der Waals surface area contributed by atoms with E-state index in [9.17, 15) is 9.90 Å². The number of phenolic OH excluding ortho intramolecular Hbond substituents is 1. The number of ketones is 1. The molecule has 0 amide bonds. The molecule has 0 spiro atoms. The molecule has 0 atom stereocenters. The van der Waals surface area contributed by atoms with Gasteiger partial charge in [0.15, 0.2) is 5.78 Å². The number of hydrogen-bond donors (Lipinski definition) is 2. The highest BCUT2D eigenvalue weighted by molar-refractivity contribution is 6.27. The number of aromatic hydroxyl groups is 1. The molecule has 1 aliphatic rings. The Morgan fingerprint density at radius 3 is 1.90 bits per heavy atom. The van der Waals surface area contributed by atoms with E-state index in [1.807, 2.05) is 48.5 Å². The first kappa shape index (κ1) is 28.9. The van der Waals surface area contributed by atoms with Crippen LogP contribution in [0, 0.1) is 0 Å². The maximum Gasteiger partial charge on any atom is 0.188 e. The molecule has 6 nitrogen and oxygen atoms in total. The molecule has 0 unspecified atom stereocenters. The van der Waals surface area contributed by atoms with E-state index >= 15 is 0 Å². The van der Waals surface area contributed by atoms with E-state index in [-0.39, 0.29) is 11.5 Å². The minimum atomic E-state index is -0.189. The Morgan fingerprint density at radius 1 is 0.700 bits per heavy atom. The second-order valence-corrected chi connectivity index (χ2v) is 10.0. The van der Waals surface area contributed by atoms with Crippen molar-refractivity contribution in [2.45, 2.75) is 65.2 Å². The number of carbonyl (C=O) groups is 1. The Balaban J connectivity index is 1.47. The van der Waals surface area contributed by atoms with Crippen LogP contribution >= 0.6 is 0 Å². The van der Waals surface area contributed by atoms with Gasteiger partial charge in [-0.25, -0.2) is 4.99 Å². The molecule has 0 fully saturated rings. The molecule has 0 radical (unpaired) electrons. The van der Waals surface area contributed by atoms with Crippen molar-refractivity contribution in [3.05, 3.63) is 83.9 Å². The summed E-state index contributed by atoms with van der Waals surface area (Å²) in [5.74, 6) is 1.44. The Morgan fingerprint density at radius 2 is 1.30 bits per heavy atom. The minimum Gasteiger partial charge on any atom is -0.507 e. The Bertz CT molecular complexity index is 1310. The van der Waals surface area contributed by atoms with Gasteiger partial charge in [0.25, 0.3) is 0 Å². The SMILES string of the molecule is CCCCCCOc1ccc(N=C2C=CC(=O)c3c(Nc4ccc(OCCCCCC)cc4)ccc(O)c32)cc1. The predicted molar refractivity (Wildman–Crippen MR) is 163 cm³/mol. The third-order valence-corrected chi connectivity index (χ3v) is 6.83. The summed E-state index contributed by atoms with van der Waals surface area (Å²) < 4.78 is 11.7. The van der Waals surface area contributed by atoms with Crippen LogP contribution < -0.4 is 14.8 Å². The zero-order valence-corrected chi connectivity index (χ0v) is 23.6. The van der Waals surface area contributed by atoms with Gasteiger partial charge in [-0.2, -0.15) is 0 Å². The standard InChI is InChI=1S/C34H40N2O4/c1-3-5-7-9-23-39-27-15-11-25(12-16-27)35-29-19-21-32(38)34-30(20-22-31(37)33(29)34)36-26-13-17-28(18-14-26)40-24-10-8-6-4-2/h11-22,35,38H,3-10,23-24H2,1-2H3. The van der Waals surface area contributed by atoms with E-state index in [2.05, 4.69) is 19.2 Å². The van der Waals surface area contributed by atoms with Gasteiger partial charge in [-0.3, -0.25) is 4.79 Å². The molecule has 210 valence electrons. The number of rotatable bonds is 15. The monoisotopic (exact) mass is 540 g/mol. The van der Waals surface area contributed by atoms with E-state index in [0.717, 1.165) is 30.0 Å². The first-order chi connectivity index (χ1) is 19.6. The van der Waals surface area contributed by atoms with Crippen LogP contribution in [-0.2, 0) is 0 Å². The van der Waals surface area contributed by atoms with Gasteiger partial charge < -0.3 is 19.9 Å². The van der Waals surface area contributed by atoms with Crippen LogP contribution in [0.25, 0.3) is 0 Å². The lowest BCUT2D eigenvalue weighted by molar-refractivity contribution is 0.104. The Labute approximate surface area is 237 Å². The zero-order valence-electron chi connectivity index (χ0n) is 23.6. The van der Waals surface area contributed by atoms with Crippen molar-refractivity contribution in [1.82, 2.24) is 0 Å². The number of ether oxygens (including phenoxy) is 2. The van der Waals surface area contributed by atoms with Crippen LogP contribution in [0.3, 0.4) is 0 Å². The molecule has 6 heteroatoms. The normalized spacial score (nSPS) is 13.3. The van der Waals surface area contributed by atoms with Gasteiger partial charge in [-0.1, -0.05) is 52.4 Å². The highest BCUT2D eigenvalue weighted by Gasteiger charge is 2.25. The molecule has 1 aliphatic carbocycles. The summed E-state index contributed by atoms with van der Waals surface area (Å²) in [6.45, 7) is 5.79. The predicted octanol–water partition coefficient (Wildman–Crippen LogP) is 8.93. The lowest BCUT2D eigenvalue weighted by atomic mass is 9.91. The maximum atomic E-state index is 13.0. The number of hydrogen-bond acceptors (Lipinski definition) is 6. The fourth-order valence-electron chi connectivity index (χ4n) is 4.61. The zero-order chi connectivity index (χ0) is 28.2. The summed E-state index contributed by atoms with van der Waals surface area (Å²) in [5.41, 5.74) is 3.47. The number of allylic oxidation sites excluding steroid dienone is 2. The molecule has 0 aliphatic heterocycles. The number of benzene rings is 3. The number of aliphatic imine (C=N–C) groups is 1. The van der Waals surface area contributed by atoms with Gasteiger partial charge in [0.2, 0.25) is 0 Å². The number of fused-ring (bicyclic) bond motifs is 1. The average molecular weight is 541 g/mol. The van der Waals surface area contributed by atoms with Crippen molar-refractivity contribution in [1.29, 1.82) is 0 Å². The molecular weight excluding hydrogens is 500 g/mol. The van der Waals surface area contributed by atoms with E-state index < -0.39 is 0 Å². The number of carbonyl (C=O) groups excluding carboxylic acids is 1. The van der Waals surface area contributed by atoms with Crippen LogP contribution in [0.5, 0.6) is 17.2 Å². The molecule has 40 heavy (non-hydrogen) atoms. The number of nitrogens with one attached hydrogen (secondary N) is 1. The van der Waals surface area contributed by atoms with Gasteiger partial charge in [0.05, 0.1) is 41.4 Å². The fourth-order valence-corrected chi connectivity index (χ4v) is 4.61. The van der Waals surface area contributed by atoms with Crippen molar-refractivity contribution >= 4 is 28.6 Å². The summed E-state index contributed by atoms with van der Waals surface area (Å²) in [7, 11) is 0. The second-order valence-electron chi connectivity index (χ2n) is 10.0. The topological polar surface area (TPSA) is 80.2 Å². The van der Waals surface area contributed by atoms with E-state index in [0.29, 0.717) is 41.4 Å². The lowest BCUT2D eigenvalue weighted by Gasteiger charge is -2.19. The van der Waals surface area contributed by atoms with Gasteiger partial charge in [0.1, 0.15) is 17.2 Å². The minimum absolute atomic E-state index is 0.0100. The highest BCUT2D eigenvalue weighted by atomic mass is 16.5. The number of phenols is 1.